The highest BCUT2D eigenvalue weighted by molar-refractivity contribution is 6.00. The Morgan fingerprint density at radius 3 is 2.18 bits per heavy atom. The second-order valence-corrected chi connectivity index (χ2v) is 7.76. The SMILES string of the molecule is O=C(Cn1cc(Cn2c3ccccc3c(=O)c3ccccc32)nn1)Nc1ccccc1C(=O)O. The lowest BCUT2D eigenvalue weighted by Gasteiger charge is -2.13. The molecular weight excluding hydrogens is 434 g/mol. The van der Waals surface area contributed by atoms with E-state index in [0.717, 1.165) is 11.0 Å². The summed E-state index contributed by atoms with van der Waals surface area (Å²) in [5.41, 5.74) is 2.37. The summed E-state index contributed by atoms with van der Waals surface area (Å²) in [4.78, 5) is 36.7. The van der Waals surface area contributed by atoms with E-state index >= 15 is 0 Å². The van der Waals surface area contributed by atoms with E-state index in [4.69, 9.17) is 0 Å². The molecule has 2 N–H and O–H groups in total. The first kappa shape index (κ1) is 21.1. The molecule has 1 amide bonds. The fourth-order valence-corrected chi connectivity index (χ4v) is 4.01. The van der Waals surface area contributed by atoms with Gasteiger partial charge in [-0.3, -0.25) is 9.59 Å². The maximum Gasteiger partial charge on any atom is 0.337 e. The molecule has 0 fully saturated rings. The molecule has 0 saturated carbocycles. The highest BCUT2D eigenvalue weighted by Gasteiger charge is 2.14. The van der Waals surface area contributed by atoms with Gasteiger partial charge in [-0.25, -0.2) is 9.48 Å². The molecule has 34 heavy (non-hydrogen) atoms. The first-order valence-corrected chi connectivity index (χ1v) is 10.5. The fraction of sp³-hybridized carbons (Fsp3) is 0.0800. The van der Waals surface area contributed by atoms with Crippen LogP contribution in [-0.4, -0.2) is 36.5 Å². The molecule has 0 unspecified atom stereocenters. The number of nitrogens with zero attached hydrogens (tertiary/aromatic N) is 4. The number of benzene rings is 3. The number of nitrogens with one attached hydrogen (secondary N) is 1. The van der Waals surface area contributed by atoms with E-state index in [9.17, 15) is 19.5 Å². The van der Waals surface area contributed by atoms with Crippen molar-refractivity contribution >= 4 is 39.4 Å². The molecule has 0 bridgehead atoms. The van der Waals surface area contributed by atoms with Gasteiger partial charge in [0.2, 0.25) is 5.91 Å². The van der Waals surface area contributed by atoms with Crippen LogP contribution in [0.5, 0.6) is 0 Å². The molecule has 0 atom stereocenters. The summed E-state index contributed by atoms with van der Waals surface area (Å²) >= 11 is 0. The van der Waals surface area contributed by atoms with Crippen LogP contribution >= 0.6 is 0 Å². The Kier molecular flexibility index (Phi) is 5.35. The number of para-hydroxylation sites is 3. The molecule has 5 aromatic rings. The minimum Gasteiger partial charge on any atom is -0.478 e. The Hall–Kier alpha value is -4.79. The largest absolute Gasteiger partial charge is 0.478 e. The van der Waals surface area contributed by atoms with Gasteiger partial charge in [-0.05, 0) is 36.4 Å². The standard InChI is InChI=1S/C25H19N5O4/c31-23(26-20-10-4-1-7-17(20)25(33)34)15-29-13-16(27-28-29)14-30-21-11-5-2-8-18(21)24(32)19-9-3-6-12-22(19)30/h1-13H,14-15H2,(H,26,31)(H,33,34). The van der Waals surface area contributed by atoms with Crippen LogP contribution < -0.4 is 10.7 Å². The number of carbonyl (C=O) groups excluding carboxylic acids is 1. The molecule has 0 saturated heterocycles. The lowest BCUT2D eigenvalue weighted by molar-refractivity contribution is -0.116. The Labute approximate surface area is 192 Å². The summed E-state index contributed by atoms with van der Waals surface area (Å²) in [5, 5.41) is 21.4. The zero-order chi connectivity index (χ0) is 23.7. The molecule has 2 aromatic heterocycles. The predicted molar refractivity (Wildman–Crippen MR) is 127 cm³/mol. The van der Waals surface area contributed by atoms with Crippen molar-refractivity contribution in [2.24, 2.45) is 0 Å². The summed E-state index contributed by atoms with van der Waals surface area (Å²) in [7, 11) is 0. The van der Waals surface area contributed by atoms with Crippen LogP contribution in [0.25, 0.3) is 21.8 Å². The summed E-state index contributed by atoms with van der Waals surface area (Å²) in [5.74, 6) is -1.55. The van der Waals surface area contributed by atoms with Crippen LogP contribution in [0.3, 0.4) is 0 Å². The van der Waals surface area contributed by atoms with Crippen molar-refractivity contribution in [1.82, 2.24) is 19.6 Å². The second kappa shape index (κ2) is 8.62. The van der Waals surface area contributed by atoms with Crippen molar-refractivity contribution in [3.63, 3.8) is 0 Å². The number of carboxylic acids is 1. The van der Waals surface area contributed by atoms with E-state index in [1.54, 1.807) is 30.5 Å². The molecule has 0 aliphatic heterocycles. The smallest absolute Gasteiger partial charge is 0.337 e. The number of aromatic carboxylic acids is 1. The van der Waals surface area contributed by atoms with Crippen LogP contribution in [0, 0.1) is 0 Å². The Morgan fingerprint density at radius 1 is 0.882 bits per heavy atom. The van der Waals surface area contributed by atoms with E-state index in [1.165, 1.54) is 16.8 Å². The summed E-state index contributed by atoms with van der Waals surface area (Å²) < 4.78 is 3.39. The van der Waals surface area contributed by atoms with Gasteiger partial charge in [0.25, 0.3) is 0 Å². The topological polar surface area (TPSA) is 119 Å². The number of amides is 1. The number of hydrogen-bond donors (Lipinski definition) is 2. The van der Waals surface area contributed by atoms with Crippen LogP contribution in [0.15, 0.2) is 83.8 Å². The summed E-state index contributed by atoms with van der Waals surface area (Å²) in [6.45, 7) is 0.220. The average Bonchev–Trinajstić information content (AvgIpc) is 3.28. The van der Waals surface area contributed by atoms with Gasteiger partial charge in [0.05, 0.1) is 35.0 Å². The maximum absolute atomic E-state index is 12.9. The van der Waals surface area contributed by atoms with Gasteiger partial charge in [0.1, 0.15) is 12.2 Å². The highest BCUT2D eigenvalue weighted by Crippen LogP contribution is 2.20. The third-order valence-corrected chi connectivity index (χ3v) is 5.52. The number of carboxylic acid groups (broad SMARTS) is 1. The van der Waals surface area contributed by atoms with Gasteiger partial charge in [-0.1, -0.05) is 41.6 Å². The molecule has 9 nitrogen and oxygen atoms in total. The van der Waals surface area contributed by atoms with E-state index in [-0.39, 0.29) is 23.2 Å². The van der Waals surface area contributed by atoms with Crippen molar-refractivity contribution in [1.29, 1.82) is 0 Å². The molecule has 0 spiro atoms. The molecule has 168 valence electrons. The number of carbonyl (C=O) groups is 2. The molecule has 0 aliphatic rings. The minimum absolute atomic E-state index is 0.00658. The van der Waals surface area contributed by atoms with E-state index in [2.05, 4.69) is 15.6 Å². The monoisotopic (exact) mass is 453 g/mol. The van der Waals surface area contributed by atoms with Crippen LogP contribution in [0.2, 0.25) is 0 Å². The number of anilines is 1. The molecular formula is C25H19N5O4. The Morgan fingerprint density at radius 2 is 1.50 bits per heavy atom. The van der Waals surface area contributed by atoms with E-state index < -0.39 is 11.9 Å². The molecule has 0 radical (unpaired) electrons. The third kappa shape index (κ3) is 3.90. The van der Waals surface area contributed by atoms with Gasteiger partial charge in [-0.15, -0.1) is 5.10 Å². The molecule has 2 heterocycles. The third-order valence-electron chi connectivity index (χ3n) is 5.52. The lowest BCUT2D eigenvalue weighted by Crippen LogP contribution is -2.20. The van der Waals surface area contributed by atoms with E-state index in [0.29, 0.717) is 23.0 Å². The van der Waals surface area contributed by atoms with Crippen LogP contribution in [-0.2, 0) is 17.9 Å². The number of hydrogen-bond acceptors (Lipinski definition) is 5. The molecule has 3 aromatic carbocycles. The minimum atomic E-state index is -1.13. The molecule has 5 rings (SSSR count). The van der Waals surface area contributed by atoms with Gasteiger partial charge >= 0.3 is 5.97 Å². The zero-order valence-electron chi connectivity index (χ0n) is 17.9. The van der Waals surface area contributed by atoms with Crippen LogP contribution in [0.4, 0.5) is 5.69 Å². The lowest BCUT2D eigenvalue weighted by atomic mass is 10.1. The van der Waals surface area contributed by atoms with Crippen molar-refractivity contribution in [3.8, 4) is 0 Å². The van der Waals surface area contributed by atoms with Crippen molar-refractivity contribution in [2.45, 2.75) is 13.1 Å². The van der Waals surface area contributed by atoms with Gasteiger partial charge in [-0.2, -0.15) is 0 Å². The van der Waals surface area contributed by atoms with E-state index in [1.807, 2.05) is 41.0 Å². The van der Waals surface area contributed by atoms with Gasteiger partial charge in [0.15, 0.2) is 5.43 Å². The molecule has 0 aliphatic carbocycles. The highest BCUT2D eigenvalue weighted by atomic mass is 16.4. The van der Waals surface area contributed by atoms with Crippen LogP contribution in [0.1, 0.15) is 16.1 Å². The maximum atomic E-state index is 12.9. The second-order valence-electron chi connectivity index (χ2n) is 7.76. The molecule has 9 heteroatoms. The predicted octanol–water partition coefficient (Wildman–Crippen LogP) is 3.13. The van der Waals surface area contributed by atoms with Crippen molar-refractivity contribution in [2.75, 3.05) is 5.32 Å². The number of rotatable bonds is 6. The quantitative estimate of drug-likeness (QED) is 0.381. The number of aromatic nitrogens is 4. The normalized spacial score (nSPS) is 11.1. The van der Waals surface area contributed by atoms with Crippen molar-refractivity contribution in [3.05, 3.63) is 100 Å². The Balaban J connectivity index is 1.41. The average molecular weight is 453 g/mol. The first-order valence-electron chi connectivity index (χ1n) is 10.5. The first-order chi connectivity index (χ1) is 16.5. The van der Waals surface area contributed by atoms with Gasteiger partial charge in [0, 0.05) is 10.8 Å². The summed E-state index contributed by atoms with van der Waals surface area (Å²) in [6, 6.07) is 21.0. The number of pyridine rings is 1. The van der Waals surface area contributed by atoms with Crippen molar-refractivity contribution < 1.29 is 14.7 Å². The number of fused-ring (bicyclic) bond motifs is 2. The fourth-order valence-electron chi connectivity index (χ4n) is 4.01. The summed E-state index contributed by atoms with van der Waals surface area (Å²) in [6.07, 6.45) is 1.66. The zero-order valence-corrected chi connectivity index (χ0v) is 17.9. The Bertz CT molecular complexity index is 1560. The van der Waals surface area contributed by atoms with Gasteiger partial charge < -0.3 is 15.0 Å².